The average molecular weight is 818 g/mol. The van der Waals surface area contributed by atoms with Crippen LogP contribution in [0.2, 0.25) is 0 Å². The summed E-state index contributed by atoms with van der Waals surface area (Å²) in [6, 6.07) is 29.3. The summed E-state index contributed by atoms with van der Waals surface area (Å²) in [6.45, 7) is -0.510. The third-order valence-corrected chi connectivity index (χ3v) is 8.89. The quantitative estimate of drug-likeness (QED) is 0.139. The minimum absolute atomic E-state index is 0.0435. The minimum atomic E-state index is -1.57. The first-order chi connectivity index (χ1) is 24.6. The lowest BCUT2D eigenvalue weighted by molar-refractivity contribution is -0.0643. The SMILES string of the molecule is O=C(OCC1OC(n2ccc(=O)n(C(=O)c3ccc(Br)cc3)c2=O)C(OC(=O)c2ccccc2)C1OC(=O)c1ccccc1)c1ccc(Br)cc1. The third kappa shape index (κ3) is 7.98. The number of rotatable bonds is 9. The van der Waals surface area contributed by atoms with Gasteiger partial charge in [0.2, 0.25) is 0 Å². The molecular formula is C37H26Br2N2O10. The summed E-state index contributed by atoms with van der Waals surface area (Å²) in [5, 5.41) is 0. The highest BCUT2D eigenvalue weighted by Gasteiger charge is 2.52. The number of esters is 3. The predicted molar refractivity (Wildman–Crippen MR) is 188 cm³/mol. The Balaban J connectivity index is 1.41. The summed E-state index contributed by atoms with van der Waals surface area (Å²) >= 11 is 6.60. The highest BCUT2D eigenvalue weighted by molar-refractivity contribution is 9.10. The highest BCUT2D eigenvalue weighted by atomic mass is 79.9. The first kappa shape index (κ1) is 35.4. The van der Waals surface area contributed by atoms with Crippen LogP contribution in [0.5, 0.6) is 0 Å². The van der Waals surface area contributed by atoms with Crippen molar-refractivity contribution in [2.45, 2.75) is 24.5 Å². The van der Waals surface area contributed by atoms with Gasteiger partial charge in [0, 0.05) is 26.8 Å². The first-order valence-corrected chi connectivity index (χ1v) is 16.9. The van der Waals surface area contributed by atoms with E-state index < -0.39 is 66.2 Å². The molecule has 4 atom stereocenters. The van der Waals surface area contributed by atoms with Gasteiger partial charge in [0.25, 0.3) is 11.5 Å². The van der Waals surface area contributed by atoms with Gasteiger partial charge >= 0.3 is 23.6 Å². The van der Waals surface area contributed by atoms with Gasteiger partial charge in [-0.15, -0.1) is 0 Å². The first-order valence-electron chi connectivity index (χ1n) is 15.4. The van der Waals surface area contributed by atoms with E-state index in [2.05, 4.69) is 31.9 Å². The highest BCUT2D eigenvalue weighted by Crippen LogP contribution is 2.35. The number of hydrogen-bond acceptors (Lipinski definition) is 10. The molecular weight excluding hydrogens is 792 g/mol. The largest absolute Gasteiger partial charge is 0.459 e. The fraction of sp³-hybridized carbons (Fsp3) is 0.135. The molecule has 0 saturated carbocycles. The maximum Gasteiger partial charge on any atom is 0.340 e. The Kier molecular flexibility index (Phi) is 10.8. The van der Waals surface area contributed by atoms with Crippen LogP contribution in [0.3, 0.4) is 0 Å². The van der Waals surface area contributed by atoms with E-state index in [-0.39, 0.29) is 22.3 Å². The predicted octanol–water partition coefficient (Wildman–Crippen LogP) is 5.43. The lowest BCUT2D eigenvalue weighted by Crippen LogP contribution is -2.47. The molecule has 0 amide bonds. The van der Waals surface area contributed by atoms with Crippen molar-refractivity contribution in [1.29, 1.82) is 0 Å². The van der Waals surface area contributed by atoms with Crippen molar-refractivity contribution in [1.82, 2.24) is 9.13 Å². The molecule has 5 aromatic rings. The number of benzene rings is 4. The molecule has 51 heavy (non-hydrogen) atoms. The lowest BCUT2D eigenvalue weighted by Gasteiger charge is -2.25. The number of hydrogen-bond donors (Lipinski definition) is 0. The van der Waals surface area contributed by atoms with Crippen molar-refractivity contribution in [3.05, 3.63) is 173 Å². The molecule has 0 spiro atoms. The van der Waals surface area contributed by atoms with Gasteiger partial charge in [0.05, 0.1) is 16.7 Å². The zero-order valence-corrected chi connectivity index (χ0v) is 29.5. The monoisotopic (exact) mass is 816 g/mol. The van der Waals surface area contributed by atoms with Crippen LogP contribution in [0.4, 0.5) is 0 Å². The molecule has 1 aromatic heterocycles. The molecule has 1 fully saturated rings. The molecule has 14 heteroatoms. The molecule has 0 radical (unpaired) electrons. The number of aromatic nitrogens is 2. The van der Waals surface area contributed by atoms with Gasteiger partial charge in [-0.1, -0.05) is 68.3 Å². The maximum absolute atomic E-state index is 14.0. The molecule has 1 aliphatic heterocycles. The van der Waals surface area contributed by atoms with Crippen LogP contribution >= 0.6 is 31.9 Å². The summed E-state index contributed by atoms with van der Waals surface area (Å²) in [7, 11) is 0. The third-order valence-electron chi connectivity index (χ3n) is 7.83. The van der Waals surface area contributed by atoms with Crippen molar-refractivity contribution < 1.29 is 38.1 Å². The second-order valence-electron chi connectivity index (χ2n) is 11.1. The van der Waals surface area contributed by atoms with Crippen molar-refractivity contribution in [3.63, 3.8) is 0 Å². The van der Waals surface area contributed by atoms with Gasteiger partial charge in [-0.2, -0.15) is 4.57 Å². The fourth-order valence-corrected chi connectivity index (χ4v) is 5.82. The second-order valence-corrected chi connectivity index (χ2v) is 13.0. The van der Waals surface area contributed by atoms with E-state index in [1.54, 1.807) is 60.7 Å². The van der Waals surface area contributed by atoms with Crippen molar-refractivity contribution >= 4 is 55.7 Å². The molecule has 4 aromatic carbocycles. The van der Waals surface area contributed by atoms with E-state index in [4.69, 9.17) is 18.9 Å². The summed E-state index contributed by atoms with van der Waals surface area (Å²) in [5.74, 6) is -3.33. The summed E-state index contributed by atoms with van der Waals surface area (Å²) in [4.78, 5) is 80.3. The minimum Gasteiger partial charge on any atom is -0.459 e. The topological polar surface area (TPSA) is 149 Å². The summed E-state index contributed by atoms with van der Waals surface area (Å²) < 4.78 is 26.3. The normalized spacial score (nSPS) is 18.1. The van der Waals surface area contributed by atoms with Crippen LogP contribution in [0.15, 0.2) is 140 Å². The Morgan fingerprint density at radius 3 is 1.65 bits per heavy atom. The number of carbonyl (C=O) groups excluding carboxylic acids is 4. The Bertz CT molecular complexity index is 2190. The number of nitrogens with zero attached hydrogens (tertiary/aromatic N) is 2. The van der Waals surface area contributed by atoms with E-state index in [0.717, 1.165) is 21.3 Å². The molecule has 0 bridgehead atoms. The van der Waals surface area contributed by atoms with Crippen LogP contribution in [-0.4, -0.2) is 57.9 Å². The molecule has 0 aliphatic carbocycles. The Hall–Kier alpha value is -5.44. The van der Waals surface area contributed by atoms with Crippen LogP contribution in [0, 0.1) is 0 Å². The lowest BCUT2D eigenvalue weighted by atomic mass is 10.1. The van der Waals surface area contributed by atoms with Crippen molar-refractivity contribution in [3.8, 4) is 0 Å². The van der Waals surface area contributed by atoms with E-state index >= 15 is 0 Å². The van der Waals surface area contributed by atoms with Crippen molar-refractivity contribution in [2.24, 2.45) is 0 Å². The summed E-state index contributed by atoms with van der Waals surface area (Å²) in [6.07, 6.45) is -4.79. The van der Waals surface area contributed by atoms with Crippen LogP contribution in [0.25, 0.3) is 0 Å². The smallest absolute Gasteiger partial charge is 0.340 e. The van der Waals surface area contributed by atoms with Crippen molar-refractivity contribution in [2.75, 3.05) is 6.61 Å². The van der Waals surface area contributed by atoms with Gasteiger partial charge < -0.3 is 18.9 Å². The van der Waals surface area contributed by atoms with Crippen LogP contribution in [-0.2, 0) is 18.9 Å². The van der Waals surface area contributed by atoms with E-state index in [1.807, 2.05) is 0 Å². The maximum atomic E-state index is 14.0. The van der Waals surface area contributed by atoms with E-state index in [0.29, 0.717) is 9.04 Å². The molecule has 1 saturated heterocycles. The second kappa shape index (κ2) is 15.6. The fourth-order valence-electron chi connectivity index (χ4n) is 5.29. The molecule has 12 nitrogen and oxygen atoms in total. The standard InChI is InChI=1S/C37H26Br2N2O10/c38-26-15-11-22(12-16-26)32(43)41-29(42)19-20-40(37(41)47)33-31(51-36(46)24-9-5-2-6-10-24)30(50-35(45)23-7-3-1-4-8-23)28(49-33)21-48-34(44)25-13-17-27(39)18-14-25/h1-20,28,30-31,33H,21H2. The molecule has 6 rings (SSSR count). The molecule has 1 aliphatic rings. The molecule has 2 heterocycles. The molecule has 4 unspecified atom stereocenters. The number of ether oxygens (including phenoxy) is 4. The van der Waals surface area contributed by atoms with Gasteiger partial charge in [0.1, 0.15) is 12.7 Å². The van der Waals surface area contributed by atoms with Gasteiger partial charge in [0.15, 0.2) is 18.4 Å². The van der Waals surface area contributed by atoms with Gasteiger partial charge in [-0.05, 0) is 72.8 Å². The number of carbonyl (C=O) groups is 4. The van der Waals surface area contributed by atoms with E-state index in [1.165, 1.54) is 48.5 Å². The van der Waals surface area contributed by atoms with Crippen LogP contribution < -0.4 is 11.2 Å². The molecule has 258 valence electrons. The zero-order chi connectivity index (χ0) is 36.1. The summed E-state index contributed by atoms with van der Waals surface area (Å²) in [5.41, 5.74) is -1.49. The average Bonchev–Trinajstić information content (AvgIpc) is 3.47. The Morgan fingerprint density at radius 2 is 1.10 bits per heavy atom. The van der Waals surface area contributed by atoms with Gasteiger partial charge in [-0.25, -0.2) is 19.2 Å². The van der Waals surface area contributed by atoms with E-state index in [9.17, 15) is 28.8 Å². The zero-order valence-electron chi connectivity index (χ0n) is 26.3. The molecule has 0 N–H and O–H groups in total. The van der Waals surface area contributed by atoms with Gasteiger partial charge in [-0.3, -0.25) is 14.2 Å². The Labute approximate surface area is 306 Å². The number of halogens is 2. The Morgan fingerprint density at radius 1 is 0.608 bits per heavy atom. The van der Waals surface area contributed by atoms with Crippen LogP contribution in [0.1, 0.15) is 47.7 Å².